The van der Waals surface area contributed by atoms with Crippen LogP contribution in [0.3, 0.4) is 0 Å². The van der Waals surface area contributed by atoms with Crippen LogP contribution in [0.2, 0.25) is 0 Å². The average Bonchev–Trinajstić information content (AvgIpc) is 1.54. The van der Waals surface area contributed by atoms with Gasteiger partial charge in [-0.1, -0.05) is 97.1 Å². The number of fused-ring (bicyclic) bond motifs is 26. The molecule has 122 heavy (non-hydrogen) atoms. The lowest BCUT2D eigenvalue weighted by molar-refractivity contribution is 0.601. The highest BCUT2D eigenvalue weighted by Gasteiger charge is 2.28. The van der Waals surface area contributed by atoms with Crippen LogP contribution in [0.5, 0.6) is 0 Å². The van der Waals surface area contributed by atoms with Crippen molar-refractivity contribution in [2.75, 3.05) is 0 Å². The third-order valence-corrected chi connectivity index (χ3v) is 24.3. The molecule has 0 fully saturated rings. The molecule has 20 heterocycles. The fourth-order valence-corrected chi connectivity index (χ4v) is 19.0. The molecule has 20 aromatic heterocycles. The Balaban J connectivity index is 0.0000000987. The third kappa shape index (κ3) is 10.0. The Kier molecular flexibility index (Phi) is 14.5. The van der Waals surface area contributed by atoms with Crippen molar-refractivity contribution in [3.05, 3.63) is 318 Å². The van der Waals surface area contributed by atoms with Crippen LogP contribution in [0.25, 0.3) is 264 Å². The minimum atomic E-state index is 0.505. The number of benzene rings is 8. The lowest BCUT2D eigenvalue weighted by Gasteiger charge is -2.08. The van der Waals surface area contributed by atoms with Crippen LogP contribution < -0.4 is 0 Å². The Hall–Kier alpha value is -17.0. The van der Waals surface area contributed by atoms with Gasteiger partial charge in [-0.3, -0.25) is 44.9 Å². The molecule has 0 bridgehead atoms. The molecule has 28 rings (SSSR count). The molecule has 0 radical (unpaired) electrons. The zero-order valence-corrected chi connectivity index (χ0v) is 64.4. The van der Waals surface area contributed by atoms with Crippen molar-refractivity contribution in [1.82, 2.24) is 68.9 Å². The fourth-order valence-electron chi connectivity index (χ4n) is 17.9. The summed E-state index contributed by atoms with van der Waals surface area (Å²) < 4.78 is 50.3. The Labute approximate surface area is 688 Å². The van der Waals surface area contributed by atoms with Crippen LogP contribution >= 0.6 is 11.3 Å². The molecule has 28 aromatic rings. The maximum Gasteiger partial charge on any atom is 0.227 e. The second kappa shape index (κ2) is 26.3. The zero-order chi connectivity index (χ0) is 79.8. The van der Waals surface area contributed by atoms with E-state index in [0.29, 0.717) is 61.6 Å². The summed E-state index contributed by atoms with van der Waals surface area (Å²) in [4.78, 5) is 56.0. The number of hydrogen-bond donors (Lipinski definition) is 0. The summed E-state index contributed by atoms with van der Waals surface area (Å²) in [5.74, 6) is 0. The van der Waals surface area contributed by atoms with Crippen LogP contribution in [0, 0.1) is 0 Å². The van der Waals surface area contributed by atoms with E-state index in [1.807, 2.05) is 159 Å². The van der Waals surface area contributed by atoms with E-state index in [9.17, 15) is 0 Å². The van der Waals surface area contributed by atoms with Gasteiger partial charge in [-0.25, -0.2) is 15.0 Å². The minimum Gasteiger partial charge on any atom is -0.454 e. The first-order valence-electron chi connectivity index (χ1n) is 39.4. The van der Waals surface area contributed by atoms with E-state index in [1.54, 1.807) is 42.3 Å². The molecule has 0 amide bonds. The van der Waals surface area contributed by atoms with Gasteiger partial charge >= 0.3 is 0 Å². The number of oxazole rings is 2. The third-order valence-electron chi connectivity index (χ3n) is 23.2. The predicted molar refractivity (Wildman–Crippen MR) is 478 cm³/mol. The highest BCUT2D eigenvalue weighted by Crippen LogP contribution is 2.48. The first-order chi connectivity index (χ1) is 60.5. The Morgan fingerprint density at radius 1 is 0.238 bits per heavy atom. The Morgan fingerprint density at radius 3 is 1.31 bits per heavy atom. The SMILES string of the molecule is c1ccc2c(c1)oc1c(-c3ncc(-c4cnc(-c5ccnc6c5oc5ccccc56)c5ocnc45)c4ocnc34)ccnc12.c1ccc2c(c1)oc1nccc(-c3ccnc4c3oc3ccc(-n5c6ccccc6c6ncccc65)cc34)c12.c1ccc2c(c1)sc1cncc(-c3ccnc4c3oc3ccc(-n5c6ccccc6c6ncccc65)cc34)c12. The minimum absolute atomic E-state index is 0.505. The zero-order valence-electron chi connectivity index (χ0n) is 63.5. The molecule has 570 valence electrons. The van der Waals surface area contributed by atoms with E-state index in [4.69, 9.17) is 50.9 Å². The van der Waals surface area contributed by atoms with Crippen molar-refractivity contribution < 1.29 is 30.9 Å². The number of aromatic nitrogens is 14. The van der Waals surface area contributed by atoms with Crippen molar-refractivity contribution in [3.8, 4) is 67.3 Å². The van der Waals surface area contributed by atoms with Gasteiger partial charge in [0.05, 0.1) is 48.7 Å². The number of pyridine rings is 10. The Bertz CT molecular complexity index is 8620. The summed E-state index contributed by atoms with van der Waals surface area (Å²) in [7, 11) is 0. The number of thiophene rings is 1. The van der Waals surface area contributed by atoms with E-state index >= 15 is 0 Å². The summed E-state index contributed by atoms with van der Waals surface area (Å²) in [6.45, 7) is 0. The smallest absolute Gasteiger partial charge is 0.227 e. The highest BCUT2D eigenvalue weighted by molar-refractivity contribution is 7.25. The van der Waals surface area contributed by atoms with E-state index < -0.39 is 0 Å². The van der Waals surface area contributed by atoms with Gasteiger partial charge in [0.15, 0.2) is 46.3 Å². The number of para-hydroxylation sites is 5. The highest BCUT2D eigenvalue weighted by atomic mass is 32.1. The first-order valence-corrected chi connectivity index (χ1v) is 40.2. The molecule has 0 aliphatic heterocycles. The lowest BCUT2D eigenvalue weighted by atomic mass is 10.0. The van der Waals surface area contributed by atoms with Gasteiger partial charge in [0.1, 0.15) is 72.4 Å². The lowest BCUT2D eigenvalue weighted by Crippen LogP contribution is -1.93. The second-order valence-corrected chi connectivity index (χ2v) is 30.8. The molecule has 0 saturated heterocycles. The maximum atomic E-state index is 6.51. The van der Waals surface area contributed by atoms with Crippen LogP contribution in [0.4, 0.5) is 0 Å². The predicted octanol–water partition coefficient (Wildman–Crippen LogP) is 25.7. The molecule has 0 unspecified atom stereocenters. The van der Waals surface area contributed by atoms with E-state index in [1.165, 1.54) is 28.3 Å². The number of hydrogen-bond acceptors (Lipinski definition) is 20. The monoisotopic (exact) mass is 1590 g/mol. The summed E-state index contributed by atoms with van der Waals surface area (Å²) in [6.07, 6.45) is 22.9. The molecular weight excluding hydrogens is 1540 g/mol. The molecule has 21 nitrogen and oxygen atoms in total. The van der Waals surface area contributed by atoms with E-state index in [-0.39, 0.29) is 0 Å². The number of rotatable bonds is 7. The van der Waals surface area contributed by atoms with Gasteiger partial charge in [0.2, 0.25) is 5.71 Å². The largest absolute Gasteiger partial charge is 0.454 e. The molecule has 0 atom stereocenters. The second-order valence-electron chi connectivity index (χ2n) is 29.8. The van der Waals surface area contributed by atoms with Crippen molar-refractivity contribution in [2.24, 2.45) is 0 Å². The molecule has 0 aliphatic rings. The van der Waals surface area contributed by atoms with E-state index in [2.05, 4.69) is 164 Å². The summed E-state index contributed by atoms with van der Waals surface area (Å²) in [5.41, 5.74) is 29.3. The average molecular weight is 1590 g/mol. The molecule has 8 aromatic carbocycles. The van der Waals surface area contributed by atoms with Crippen LogP contribution in [0.1, 0.15) is 0 Å². The first kappa shape index (κ1) is 67.2. The van der Waals surface area contributed by atoms with Crippen LogP contribution in [-0.4, -0.2) is 68.9 Å². The van der Waals surface area contributed by atoms with Crippen molar-refractivity contribution in [3.63, 3.8) is 0 Å². The van der Waals surface area contributed by atoms with Gasteiger partial charge in [-0.15, -0.1) is 11.3 Å². The fraction of sp³-hybridized carbons (Fsp3) is 0. The summed E-state index contributed by atoms with van der Waals surface area (Å²) in [5, 5.41) is 10.5. The van der Waals surface area contributed by atoms with E-state index in [0.717, 1.165) is 187 Å². The van der Waals surface area contributed by atoms with Gasteiger partial charge in [0.25, 0.3) is 0 Å². The topological polar surface area (TPSA) is 257 Å². The standard InChI is InChI=1S/C34H16N6O4.C33H18N4O2.C33H18N4OS/c1-3-7-23-17(5-1)26-32(43-23)19(9-11-35-26)25-30-31(41-16-40-30)22(14-37-25)21-13-38-28(34-29(21)39-15-42-34)20-10-12-36-27-18-6-2-4-8-24(18)44-33(20)27;1-3-8-25-22(6-1)30-26(9-5-15-34-30)37(25)19-11-12-28-24(18-19)31-32(38-28)21(14-16-35-31)20-13-17-36-33-29(20)23-7-2-4-10-27(23)39-33;1-3-8-25-21(6-1)31-26(9-5-14-35-31)37(25)19-11-12-27-23(16-19)32-33(38-27)20(13-15-36-32)24-17-34-18-29-30(24)22-7-2-4-10-28(22)39-29/h1-16H;2*1-18H. The number of nitrogens with zero attached hydrogens (tertiary/aromatic N) is 14. The van der Waals surface area contributed by atoms with Gasteiger partial charge in [-0.2, -0.15) is 0 Å². The van der Waals surface area contributed by atoms with Crippen molar-refractivity contribution in [1.29, 1.82) is 0 Å². The van der Waals surface area contributed by atoms with Gasteiger partial charge < -0.3 is 40.1 Å². The summed E-state index contributed by atoms with van der Waals surface area (Å²) >= 11 is 1.77. The van der Waals surface area contributed by atoms with Gasteiger partial charge in [0, 0.05) is 172 Å². The molecule has 0 N–H and O–H groups in total. The van der Waals surface area contributed by atoms with Crippen LogP contribution in [0.15, 0.2) is 348 Å². The molecule has 0 spiro atoms. The van der Waals surface area contributed by atoms with Crippen molar-refractivity contribution >= 4 is 208 Å². The summed E-state index contributed by atoms with van der Waals surface area (Å²) in [6, 6.07) is 79.5. The maximum absolute atomic E-state index is 6.51. The molecule has 0 aliphatic carbocycles. The van der Waals surface area contributed by atoms with Crippen LogP contribution in [-0.2, 0) is 0 Å². The normalized spacial score (nSPS) is 12.1. The quantitative estimate of drug-likeness (QED) is 0.144. The molecular formula is C100H52N14O7S. The van der Waals surface area contributed by atoms with Gasteiger partial charge in [-0.05, 0) is 140 Å². The molecule has 22 heteroatoms. The number of furan rings is 5. The van der Waals surface area contributed by atoms with Crippen molar-refractivity contribution in [2.45, 2.75) is 0 Å². The Morgan fingerprint density at radius 2 is 0.689 bits per heavy atom. The molecule has 0 saturated carbocycles.